The van der Waals surface area contributed by atoms with Crippen LogP contribution in [0.3, 0.4) is 0 Å². The standard InChI is InChI=1S/C14H17N3O6/c1-2-23-13(19)8-11(14(15)20)16-12(18)7-9-4-3-5-10(6-9)17(21)22/h3-6,11H,2,7-8H2,1H3,(H2,15,20)(H,16,18)/t11-/m0/s1. The molecule has 9 heteroatoms. The van der Waals surface area contributed by atoms with E-state index in [0.29, 0.717) is 5.56 Å². The highest BCUT2D eigenvalue weighted by Crippen LogP contribution is 2.13. The molecule has 1 aromatic carbocycles. The van der Waals surface area contributed by atoms with Gasteiger partial charge in [0.1, 0.15) is 6.04 Å². The number of nitro benzene ring substituents is 1. The summed E-state index contributed by atoms with van der Waals surface area (Å²) in [5, 5.41) is 13.0. The van der Waals surface area contributed by atoms with Crippen molar-refractivity contribution in [3.05, 3.63) is 39.9 Å². The van der Waals surface area contributed by atoms with Crippen molar-refractivity contribution in [1.82, 2.24) is 5.32 Å². The van der Waals surface area contributed by atoms with Crippen LogP contribution in [-0.2, 0) is 25.5 Å². The first-order chi connectivity index (χ1) is 10.8. The molecule has 0 aliphatic carbocycles. The van der Waals surface area contributed by atoms with Gasteiger partial charge in [-0.3, -0.25) is 24.5 Å². The number of primary amides is 1. The van der Waals surface area contributed by atoms with Crippen LogP contribution in [0.1, 0.15) is 18.9 Å². The van der Waals surface area contributed by atoms with Crippen molar-refractivity contribution in [2.24, 2.45) is 5.73 Å². The fraction of sp³-hybridized carbons (Fsp3) is 0.357. The van der Waals surface area contributed by atoms with E-state index < -0.39 is 28.7 Å². The lowest BCUT2D eigenvalue weighted by molar-refractivity contribution is -0.384. The van der Waals surface area contributed by atoms with Gasteiger partial charge in [0.15, 0.2) is 0 Å². The predicted octanol–water partition coefficient (Wildman–Crippen LogP) is 0.0606. The highest BCUT2D eigenvalue weighted by atomic mass is 16.6. The van der Waals surface area contributed by atoms with Crippen molar-refractivity contribution >= 4 is 23.5 Å². The number of hydrogen-bond acceptors (Lipinski definition) is 6. The number of carbonyl (C=O) groups is 3. The van der Waals surface area contributed by atoms with Crippen molar-refractivity contribution < 1.29 is 24.0 Å². The average Bonchev–Trinajstić information content (AvgIpc) is 2.46. The van der Waals surface area contributed by atoms with Crippen molar-refractivity contribution in [2.45, 2.75) is 25.8 Å². The number of non-ortho nitro benzene ring substituents is 1. The molecule has 1 aromatic rings. The summed E-state index contributed by atoms with van der Waals surface area (Å²) >= 11 is 0. The Kier molecular flexibility index (Phi) is 6.66. The van der Waals surface area contributed by atoms with Gasteiger partial charge in [-0.05, 0) is 12.5 Å². The van der Waals surface area contributed by atoms with E-state index in [1.54, 1.807) is 6.92 Å². The van der Waals surface area contributed by atoms with Crippen LogP contribution >= 0.6 is 0 Å². The van der Waals surface area contributed by atoms with Crippen LogP contribution in [0.4, 0.5) is 5.69 Å². The Labute approximate surface area is 131 Å². The number of benzene rings is 1. The Morgan fingerprint density at radius 2 is 2.09 bits per heavy atom. The first-order valence-electron chi connectivity index (χ1n) is 6.81. The van der Waals surface area contributed by atoms with Gasteiger partial charge >= 0.3 is 5.97 Å². The molecule has 2 amide bonds. The maximum atomic E-state index is 11.9. The van der Waals surface area contributed by atoms with Gasteiger partial charge in [0.05, 0.1) is 24.4 Å². The molecule has 0 aliphatic rings. The van der Waals surface area contributed by atoms with Crippen LogP contribution in [0.5, 0.6) is 0 Å². The molecule has 0 radical (unpaired) electrons. The number of esters is 1. The molecule has 9 nitrogen and oxygen atoms in total. The molecule has 0 aromatic heterocycles. The number of hydrogen-bond donors (Lipinski definition) is 2. The summed E-state index contributed by atoms with van der Waals surface area (Å²) < 4.78 is 4.69. The molecule has 23 heavy (non-hydrogen) atoms. The maximum absolute atomic E-state index is 11.9. The monoisotopic (exact) mass is 323 g/mol. The van der Waals surface area contributed by atoms with Crippen LogP contribution in [0.25, 0.3) is 0 Å². The number of amides is 2. The molecule has 0 fully saturated rings. The maximum Gasteiger partial charge on any atom is 0.308 e. The first kappa shape index (κ1) is 18.1. The Balaban J connectivity index is 2.69. The van der Waals surface area contributed by atoms with E-state index in [2.05, 4.69) is 5.32 Å². The summed E-state index contributed by atoms with van der Waals surface area (Å²) in [4.78, 5) is 44.7. The smallest absolute Gasteiger partial charge is 0.308 e. The van der Waals surface area contributed by atoms with Gasteiger partial charge in [-0.2, -0.15) is 0 Å². The third kappa shape index (κ3) is 6.12. The van der Waals surface area contributed by atoms with E-state index >= 15 is 0 Å². The summed E-state index contributed by atoms with van der Waals surface area (Å²) in [6.45, 7) is 1.75. The third-order valence-electron chi connectivity index (χ3n) is 2.84. The van der Waals surface area contributed by atoms with Gasteiger partial charge in [0.25, 0.3) is 5.69 Å². The Morgan fingerprint density at radius 3 is 2.65 bits per heavy atom. The van der Waals surface area contributed by atoms with Crippen LogP contribution in [-0.4, -0.2) is 35.4 Å². The normalized spacial score (nSPS) is 11.3. The first-order valence-corrected chi connectivity index (χ1v) is 6.81. The number of nitro groups is 1. The summed E-state index contributed by atoms with van der Waals surface area (Å²) in [5.74, 6) is -2.11. The van der Waals surface area contributed by atoms with Crippen LogP contribution in [0.15, 0.2) is 24.3 Å². The van der Waals surface area contributed by atoms with Gasteiger partial charge < -0.3 is 15.8 Å². The highest BCUT2D eigenvalue weighted by molar-refractivity contribution is 5.90. The molecule has 0 unspecified atom stereocenters. The molecule has 0 heterocycles. The predicted molar refractivity (Wildman–Crippen MR) is 79.2 cm³/mol. The second-order valence-electron chi connectivity index (χ2n) is 4.64. The zero-order valence-electron chi connectivity index (χ0n) is 12.5. The summed E-state index contributed by atoms with van der Waals surface area (Å²) in [5.41, 5.74) is 5.39. The molecule has 1 atom stereocenters. The summed E-state index contributed by atoms with van der Waals surface area (Å²) in [7, 11) is 0. The van der Waals surface area contributed by atoms with E-state index in [1.165, 1.54) is 24.3 Å². The van der Waals surface area contributed by atoms with E-state index in [-0.39, 0.29) is 25.1 Å². The fourth-order valence-corrected chi connectivity index (χ4v) is 1.82. The number of nitrogens with one attached hydrogen (secondary N) is 1. The zero-order chi connectivity index (χ0) is 17.4. The molecule has 0 saturated carbocycles. The van der Waals surface area contributed by atoms with Crippen molar-refractivity contribution in [1.29, 1.82) is 0 Å². The van der Waals surface area contributed by atoms with E-state index in [1.807, 2.05) is 0 Å². The van der Waals surface area contributed by atoms with Gasteiger partial charge in [0.2, 0.25) is 11.8 Å². The second kappa shape index (κ2) is 8.47. The lowest BCUT2D eigenvalue weighted by Crippen LogP contribution is -2.46. The second-order valence-corrected chi connectivity index (χ2v) is 4.64. The van der Waals surface area contributed by atoms with Crippen molar-refractivity contribution in [2.75, 3.05) is 6.61 Å². The zero-order valence-corrected chi connectivity index (χ0v) is 12.5. The fourth-order valence-electron chi connectivity index (χ4n) is 1.82. The highest BCUT2D eigenvalue weighted by Gasteiger charge is 2.22. The third-order valence-corrected chi connectivity index (χ3v) is 2.84. The molecule has 0 saturated heterocycles. The van der Waals surface area contributed by atoms with E-state index in [0.717, 1.165) is 0 Å². The van der Waals surface area contributed by atoms with Crippen molar-refractivity contribution in [3.8, 4) is 0 Å². The van der Waals surface area contributed by atoms with E-state index in [4.69, 9.17) is 10.5 Å². The van der Waals surface area contributed by atoms with Gasteiger partial charge in [-0.1, -0.05) is 12.1 Å². The molecule has 0 spiro atoms. The topological polar surface area (TPSA) is 142 Å². The molecular weight excluding hydrogens is 306 g/mol. The number of nitrogens with two attached hydrogens (primary N) is 1. The van der Waals surface area contributed by atoms with Gasteiger partial charge in [0, 0.05) is 12.1 Å². The molecule has 1 rings (SSSR count). The number of ether oxygens (including phenoxy) is 1. The lowest BCUT2D eigenvalue weighted by atomic mass is 10.1. The average molecular weight is 323 g/mol. The lowest BCUT2D eigenvalue weighted by Gasteiger charge is -2.14. The van der Waals surface area contributed by atoms with Crippen LogP contribution in [0.2, 0.25) is 0 Å². The van der Waals surface area contributed by atoms with Crippen molar-refractivity contribution in [3.63, 3.8) is 0 Å². The Bertz CT molecular complexity index is 616. The number of rotatable bonds is 8. The van der Waals surface area contributed by atoms with Gasteiger partial charge in [-0.25, -0.2) is 0 Å². The molecule has 0 aliphatic heterocycles. The largest absolute Gasteiger partial charge is 0.466 e. The van der Waals surface area contributed by atoms with Gasteiger partial charge in [-0.15, -0.1) is 0 Å². The minimum Gasteiger partial charge on any atom is -0.466 e. The Morgan fingerprint density at radius 1 is 1.39 bits per heavy atom. The molecule has 0 bridgehead atoms. The molecule has 124 valence electrons. The van der Waals surface area contributed by atoms with Crippen LogP contribution in [0, 0.1) is 10.1 Å². The summed E-state index contributed by atoms with van der Waals surface area (Å²) in [6, 6.07) is 4.35. The molecular formula is C14H17N3O6. The SMILES string of the molecule is CCOC(=O)C[C@H](NC(=O)Cc1cccc([N+](=O)[O-])c1)C(N)=O. The molecule has 3 N–H and O–H groups in total. The van der Waals surface area contributed by atoms with Crippen LogP contribution < -0.4 is 11.1 Å². The number of carbonyl (C=O) groups excluding carboxylic acids is 3. The quantitative estimate of drug-likeness (QED) is 0.393. The minimum atomic E-state index is -1.19. The van der Waals surface area contributed by atoms with E-state index in [9.17, 15) is 24.5 Å². The number of nitrogens with zero attached hydrogens (tertiary/aromatic N) is 1. The Hall–Kier alpha value is -2.97. The summed E-state index contributed by atoms with van der Waals surface area (Å²) in [6.07, 6.45) is -0.557. The minimum absolute atomic E-state index is 0.145.